The Morgan fingerprint density at radius 3 is 1.67 bits per heavy atom. The molecular formula is C2H5Cl3Si. The molecule has 0 spiro atoms. The van der Waals surface area contributed by atoms with Gasteiger partial charge in [-0.05, 0) is 0 Å². The van der Waals surface area contributed by atoms with Crippen LogP contribution in [0.3, 0.4) is 0 Å². The van der Waals surface area contributed by atoms with Gasteiger partial charge >= 0.3 is 0 Å². The van der Waals surface area contributed by atoms with Gasteiger partial charge in [-0.1, -0.05) is 6.55 Å². The molecule has 6 heavy (non-hydrogen) atoms. The van der Waals surface area contributed by atoms with E-state index in [0.29, 0.717) is 0 Å². The van der Waals surface area contributed by atoms with Crippen LogP contribution in [0.25, 0.3) is 0 Å². The highest BCUT2D eigenvalue weighted by Gasteiger charge is 2.07. The summed E-state index contributed by atoms with van der Waals surface area (Å²) in [6.07, 6.45) is 0. The highest BCUT2D eigenvalue weighted by Crippen LogP contribution is 2.08. The lowest BCUT2D eigenvalue weighted by Crippen LogP contribution is -2.06. The topological polar surface area (TPSA) is 0 Å². The molecular weight excluding hydrogens is 158 g/mol. The third kappa shape index (κ3) is 3.28. The van der Waals surface area contributed by atoms with E-state index in [1.807, 2.05) is 6.55 Å². The van der Waals surface area contributed by atoms with Crippen LogP contribution in [0.2, 0.25) is 6.55 Å². The average Bonchev–Trinajstić information content (AvgIpc) is 1.36. The van der Waals surface area contributed by atoms with Crippen molar-refractivity contribution in [3.05, 3.63) is 0 Å². The fourth-order valence-corrected chi connectivity index (χ4v) is 0. The molecule has 0 aromatic carbocycles. The van der Waals surface area contributed by atoms with Gasteiger partial charge in [-0.25, -0.2) is 0 Å². The van der Waals surface area contributed by atoms with E-state index in [4.69, 9.17) is 34.3 Å². The van der Waals surface area contributed by atoms with Gasteiger partial charge in [0.05, 0.1) is 0 Å². The molecule has 4 heteroatoms. The highest BCUT2D eigenvalue weighted by atomic mass is 35.6. The van der Waals surface area contributed by atoms with E-state index in [1.54, 1.807) is 0 Å². The summed E-state index contributed by atoms with van der Waals surface area (Å²) in [5, 5.41) is 0. The quantitative estimate of drug-likeness (QED) is 0.315. The summed E-state index contributed by atoms with van der Waals surface area (Å²) < 4.78 is -0.299. The number of rotatable bonds is 1. The van der Waals surface area contributed by atoms with Gasteiger partial charge in [0.25, 0.3) is 0 Å². The summed E-state index contributed by atoms with van der Waals surface area (Å²) in [5.74, 6) is 0. The molecule has 0 fully saturated rings. The van der Waals surface area contributed by atoms with Crippen LogP contribution in [-0.2, 0) is 0 Å². The lowest BCUT2D eigenvalue weighted by molar-refractivity contribution is 1.84. The van der Waals surface area contributed by atoms with Gasteiger partial charge in [0.1, 0.15) is 4.46 Å². The molecule has 0 radical (unpaired) electrons. The second kappa shape index (κ2) is 3.14. The normalized spacial score (nSPS) is 15.5. The molecule has 0 saturated carbocycles. The summed E-state index contributed by atoms with van der Waals surface area (Å²) in [5.41, 5.74) is 0. The van der Waals surface area contributed by atoms with Crippen LogP contribution >= 0.6 is 34.3 Å². The molecule has 0 nitrogen and oxygen atoms in total. The molecule has 1 unspecified atom stereocenters. The lowest BCUT2D eigenvalue weighted by Gasteiger charge is -1.95. The molecule has 0 aromatic rings. The van der Waals surface area contributed by atoms with Crippen LogP contribution in [0.15, 0.2) is 0 Å². The van der Waals surface area contributed by atoms with Crippen LogP contribution in [-0.4, -0.2) is 12.6 Å². The van der Waals surface area contributed by atoms with E-state index >= 15 is 0 Å². The molecule has 0 aliphatic carbocycles. The van der Waals surface area contributed by atoms with Crippen LogP contribution < -0.4 is 0 Å². The van der Waals surface area contributed by atoms with Crippen molar-refractivity contribution in [2.75, 3.05) is 0 Å². The first-order valence-corrected chi connectivity index (χ1v) is 6.01. The molecule has 0 aliphatic heterocycles. The van der Waals surface area contributed by atoms with Gasteiger partial charge in [0, 0.05) is 0 Å². The van der Waals surface area contributed by atoms with Crippen molar-refractivity contribution in [3.63, 3.8) is 0 Å². The van der Waals surface area contributed by atoms with Gasteiger partial charge in [0.2, 0.25) is 0 Å². The number of hydrogen-bond acceptors (Lipinski definition) is 0. The van der Waals surface area contributed by atoms with Crippen molar-refractivity contribution in [3.8, 4) is 0 Å². The molecule has 38 valence electrons. The van der Waals surface area contributed by atoms with Crippen molar-refractivity contribution < 1.29 is 0 Å². The van der Waals surface area contributed by atoms with Crippen molar-refractivity contribution in [1.29, 1.82) is 0 Å². The SMILES string of the molecule is C[SiH](Cl)C(Cl)Cl. The van der Waals surface area contributed by atoms with Gasteiger partial charge in [-0.15, -0.1) is 23.2 Å². The summed E-state index contributed by atoms with van der Waals surface area (Å²) >= 11 is 16.1. The molecule has 0 N–H and O–H groups in total. The Balaban J connectivity index is 2.99. The summed E-state index contributed by atoms with van der Waals surface area (Å²) in [4.78, 5) is 0. The summed E-state index contributed by atoms with van der Waals surface area (Å²) in [6.45, 7) is 1.88. The third-order valence-electron chi connectivity index (χ3n) is 0.347. The molecule has 1 atom stereocenters. The minimum absolute atomic E-state index is 0.299. The number of alkyl halides is 2. The third-order valence-corrected chi connectivity index (χ3v) is 4.84. The van der Waals surface area contributed by atoms with E-state index in [0.717, 1.165) is 0 Å². The average molecular weight is 164 g/mol. The molecule has 0 bridgehead atoms. The Morgan fingerprint density at radius 2 is 1.67 bits per heavy atom. The van der Waals surface area contributed by atoms with E-state index in [2.05, 4.69) is 0 Å². The highest BCUT2D eigenvalue weighted by molar-refractivity contribution is 7.12. The Morgan fingerprint density at radius 1 is 1.50 bits per heavy atom. The largest absolute Gasteiger partial charge is 0.173 e. The number of halogens is 3. The van der Waals surface area contributed by atoms with Crippen molar-refractivity contribution in [2.45, 2.75) is 11.0 Å². The fourth-order valence-electron chi connectivity index (χ4n) is 0. The van der Waals surface area contributed by atoms with Gasteiger partial charge in [-0.3, -0.25) is 0 Å². The zero-order valence-corrected chi connectivity index (χ0v) is 6.71. The maximum Gasteiger partial charge on any atom is 0.173 e. The Hall–Kier alpha value is 1.09. The van der Waals surface area contributed by atoms with Crippen molar-refractivity contribution >= 4 is 42.4 Å². The van der Waals surface area contributed by atoms with Gasteiger partial charge in [-0.2, -0.15) is 11.1 Å². The smallest absolute Gasteiger partial charge is 0.169 e. The minimum Gasteiger partial charge on any atom is -0.169 e. The van der Waals surface area contributed by atoms with Crippen LogP contribution in [0.5, 0.6) is 0 Å². The first-order valence-electron chi connectivity index (χ1n) is 1.57. The summed E-state index contributed by atoms with van der Waals surface area (Å²) in [7, 11) is -1.24. The lowest BCUT2D eigenvalue weighted by atomic mass is 11.8. The summed E-state index contributed by atoms with van der Waals surface area (Å²) in [6, 6.07) is 0. The predicted octanol–water partition coefficient (Wildman–Crippen LogP) is 1.92. The van der Waals surface area contributed by atoms with Crippen LogP contribution in [0, 0.1) is 0 Å². The Bertz CT molecular complexity index is 29.8. The van der Waals surface area contributed by atoms with E-state index in [9.17, 15) is 0 Å². The van der Waals surface area contributed by atoms with E-state index in [1.165, 1.54) is 0 Å². The molecule has 0 aromatic heterocycles. The molecule has 0 heterocycles. The number of hydrogen-bond donors (Lipinski definition) is 0. The molecule has 0 amide bonds. The zero-order valence-electron chi connectivity index (χ0n) is 3.29. The Labute approximate surface area is 53.7 Å². The van der Waals surface area contributed by atoms with E-state index in [-0.39, 0.29) is 4.46 Å². The maximum atomic E-state index is 5.49. The maximum absolute atomic E-state index is 5.49. The standard InChI is InChI=1S/C2H5Cl3Si/c1-6(5)2(3)4/h2,6H,1H3. The second-order valence-corrected chi connectivity index (χ2v) is 7.11. The minimum atomic E-state index is -1.24. The first kappa shape index (κ1) is 7.09. The van der Waals surface area contributed by atoms with Crippen molar-refractivity contribution in [2.24, 2.45) is 0 Å². The molecule has 0 saturated heterocycles. The van der Waals surface area contributed by atoms with Crippen molar-refractivity contribution in [1.82, 2.24) is 0 Å². The van der Waals surface area contributed by atoms with E-state index < -0.39 is 8.11 Å². The zero-order chi connectivity index (χ0) is 5.15. The second-order valence-electron chi connectivity index (χ2n) is 1.01. The van der Waals surface area contributed by atoms with Gasteiger partial charge < -0.3 is 0 Å². The van der Waals surface area contributed by atoms with Crippen LogP contribution in [0.1, 0.15) is 0 Å². The molecule has 0 aliphatic rings. The van der Waals surface area contributed by atoms with Crippen LogP contribution in [0.4, 0.5) is 0 Å². The first-order chi connectivity index (χ1) is 2.64. The monoisotopic (exact) mass is 162 g/mol. The predicted molar refractivity (Wildman–Crippen MR) is 34.4 cm³/mol. The Kier molecular flexibility index (Phi) is 3.70. The fraction of sp³-hybridized carbons (Fsp3) is 1.00. The molecule has 0 rings (SSSR count). The van der Waals surface area contributed by atoms with Gasteiger partial charge in [0.15, 0.2) is 8.11 Å².